The van der Waals surface area contributed by atoms with Gasteiger partial charge < -0.3 is 5.32 Å². The van der Waals surface area contributed by atoms with Gasteiger partial charge in [0.25, 0.3) is 15.9 Å². The average molecular weight is 402 g/mol. The first-order valence-electron chi connectivity index (χ1n) is 8.22. The van der Waals surface area contributed by atoms with E-state index < -0.39 is 10.0 Å². The number of sulfonamides is 1. The lowest BCUT2D eigenvalue weighted by Crippen LogP contribution is -2.23. The lowest BCUT2D eigenvalue weighted by molar-refractivity contribution is 0.0951. The second kappa shape index (κ2) is 7.89. The predicted molar refractivity (Wildman–Crippen MR) is 106 cm³/mol. The van der Waals surface area contributed by atoms with E-state index in [9.17, 15) is 13.2 Å². The quantitative estimate of drug-likeness (QED) is 0.662. The topological polar surface area (TPSA) is 88.2 Å². The average Bonchev–Trinajstić information content (AvgIpc) is 3.10. The van der Waals surface area contributed by atoms with Crippen LogP contribution in [-0.2, 0) is 16.6 Å². The zero-order valence-corrected chi connectivity index (χ0v) is 16.5. The van der Waals surface area contributed by atoms with Gasteiger partial charge in [-0.2, -0.15) is 0 Å². The molecule has 3 aromatic rings. The summed E-state index contributed by atoms with van der Waals surface area (Å²) in [6.45, 7) is 3.98. The lowest BCUT2D eigenvalue weighted by Gasteiger charge is -2.12. The van der Waals surface area contributed by atoms with Crippen LogP contribution in [0.3, 0.4) is 0 Å². The number of anilines is 1. The first-order valence-corrected chi connectivity index (χ1v) is 10.5. The molecule has 0 unspecified atom stereocenters. The normalized spacial score (nSPS) is 11.2. The van der Waals surface area contributed by atoms with Crippen molar-refractivity contribution in [3.8, 4) is 0 Å². The molecular weight excluding hydrogens is 382 g/mol. The van der Waals surface area contributed by atoms with E-state index in [1.165, 1.54) is 11.3 Å². The lowest BCUT2D eigenvalue weighted by atomic mass is 10.1. The third-order valence-corrected chi connectivity index (χ3v) is 6.76. The maximum atomic E-state index is 12.6. The number of amides is 1. The molecule has 0 saturated heterocycles. The summed E-state index contributed by atoms with van der Waals surface area (Å²) in [5, 5.41) is 2.81. The SMILES string of the molecule is Cc1ccc(S(=O)(=O)Nc2cc(C(=O)NCc3cccnc3)ccc2C)s1. The minimum atomic E-state index is -3.68. The van der Waals surface area contributed by atoms with Crippen LogP contribution in [0.25, 0.3) is 0 Å². The molecular formula is C19H19N3O3S2. The third-order valence-electron chi connectivity index (χ3n) is 3.90. The molecule has 140 valence electrons. The smallest absolute Gasteiger partial charge is 0.271 e. The molecule has 0 radical (unpaired) electrons. The predicted octanol–water partition coefficient (Wildman–Crippen LogP) is 3.49. The van der Waals surface area contributed by atoms with Gasteiger partial charge in [0.15, 0.2) is 0 Å². The molecule has 0 bridgehead atoms. The van der Waals surface area contributed by atoms with Crippen molar-refractivity contribution in [3.63, 3.8) is 0 Å². The number of carbonyl (C=O) groups excluding carboxylic acids is 1. The molecule has 2 N–H and O–H groups in total. The second-order valence-corrected chi connectivity index (χ2v) is 9.24. The van der Waals surface area contributed by atoms with Crippen LogP contribution < -0.4 is 10.0 Å². The summed E-state index contributed by atoms with van der Waals surface area (Å²) in [5.74, 6) is -0.286. The van der Waals surface area contributed by atoms with Gasteiger partial charge in [0.05, 0.1) is 5.69 Å². The van der Waals surface area contributed by atoms with Crippen molar-refractivity contribution in [2.24, 2.45) is 0 Å². The summed E-state index contributed by atoms with van der Waals surface area (Å²) in [6.07, 6.45) is 3.34. The molecule has 2 aromatic heterocycles. The summed E-state index contributed by atoms with van der Waals surface area (Å²) in [7, 11) is -3.68. The first kappa shape index (κ1) is 19.1. The number of nitrogens with zero attached hydrogens (tertiary/aromatic N) is 1. The van der Waals surface area contributed by atoms with Crippen molar-refractivity contribution in [1.82, 2.24) is 10.3 Å². The minimum Gasteiger partial charge on any atom is -0.348 e. The maximum Gasteiger partial charge on any atom is 0.271 e. The summed E-state index contributed by atoms with van der Waals surface area (Å²) in [5.41, 5.74) is 2.38. The van der Waals surface area contributed by atoms with Crippen LogP contribution in [0.4, 0.5) is 5.69 Å². The van der Waals surface area contributed by atoms with Gasteiger partial charge in [0, 0.05) is 29.4 Å². The van der Waals surface area contributed by atoms with Gasteiger partial charge in [-0.1, -0.05) is 12.1 Å². The largest absolute Gasteiger partial charge is 0.348 e. The zero-order valence-electron chi connectivity index (χ0n) is 14.9. The molecule has 1 aromatic carbocycles. The Kier molecular flexibility index (Phi) is 5.57. The standard InChI is InChI=1S/C19H19N3O3S2/c1-13-5-7-16(19(23)21-12-15-4-3-9-20-11-15)10-17(13)22-27(24,25)18-8-6-14(2)26-18/h3-11,22H,12H2,1-2H3,(H,21,23). The first-order chi connectivity index (χ1) is 12.8. The van der Waals surface area contributed by atoms with Gasteiger partial charge in [-0.3, -0.25) is 14.5 Å². The fraction of sp³-hybridized carbons (Fsp3) is 0.158. The number of hydrogen-bond acceptors (Lipinski definition) is 5. The Balaban J connectivity index is 1.76. The summed E-state index contributed by atoms with van der Waals surface area (Å²) in [6, 6.07) is 11.9. The van der Waals surface area contributed by atoms with Gasteiger partial charge in [-0.25, -0.2) is 8.42 Å². The van der Waals surface area contributed by atoms with Crippen molar-refractivity contribution in [1.29, 1.82) is 0 Å². The van der Waals surface area contributed by atoms with E-state index in [-0.39, 0.29) is 10.1 Å². The van der Waals surface area contributed by atoms with Crippen LogP contribution in [-0.4, -0.2) is 19.3 Å². The van der Waals surface area contributed by atoms with Crippen molar-refractivity contribution >= 4 is 33.0 Å². The van der Waals surface area contributed by atoms with Crippen LogP contribution in [0.15, 0.2) is 59.1 Å². The van der Waals surface area contributed by atoms with E-state index >= 15 is 0 Å². The highest BCUT2D eigenvalue weighted by atomic mass is 32.2. The minimum absolute atomic E-state index is 0.242. The van der Waals surface area contributed by atoms with Crippen molar-refractivity contribution in [3.05, 3.63) is 76.4 Å². The molecule has 0 spiro atoms. The van der Waals surface area contributed by atoms with Crippen LogP contribution in [0, 0.1) is 13.8 Å². The molecule has 0 aliphatic heterocycles. The monoisotopic (exact) mass is 401 g/mol. The fourth-order valence-corrected chi connectivity index (χ4v) is 4.82. The van der Waals surface area contributed by atoms with Crippen LogP contribution in [0.5, 0.6) is 0 Å². The van der Waals surface area contributed by atoms with Gasteiger partial charge in [0.1, 0.15) is 4.21 Å². The Hall–Kier alpha value is -2.71. The van der Waals surface area contributed by atoms with Crippen molar-refractivity contribution in [2.75, 3.05) is 4.72 Å². The Labute approximate surface area is 162 Å². The van der Waals surface area contributed by atoms with E-state index in [4.69, 9.17) is 0 Å². The molecule has 3 rings (SSSR count). The van der Waals surface area contributed by atoms with Crippen molar-refractivity contribution < 1.29 is 13.2 Å². The van der Waals surface area contributed by atoms with Crippen LogP contribution in [0.1, 0.15) is 26.4 Å². The number of rotatable bonds is 6. The number of aryl methyl sites for hydroxylation is 2. The molecule has 0 atom stereocenters. The third kappa shape index (κ3) is 4.72. The van der Waals surface area contributed by atoms with Crippen LogP contribution >= 0.6 is 11.3 Å². The molecule has 27 heavy (non-hydrogen) atoms. The molecule has 6 nitrogen and oxygen atoms in total. The Morgan fingerprint density at radius 3 is 2.63 bits per heavy atom. The fourth-order valence-electron chi connectivity index (χ4n) is 2.41. The molecule has 2 heterocycles. The van der Waals surface area contributed by atoms with Gasteiger partial charge in [0.2, 0.25) is 0 Å². The van der Waals surface area contributed by atoms with Crippen LogP contribution in [0.2, 0.25) is 0 Å². The summed E-state index contributed by atoms with van der Waals surface area (Å²) < 4.78 is 27.9. The van der Waals surface area contributed by atoms with Gasteiger partial charge in [-0.05, 0) is 55.3 Å². The number of thiophene rings is 1. The Bertz CT molecular complexity index is 1060. The Morgan fingerprint density at radius 2 is 1.96 bits per heavy atom. The number of aromatic nitrogens is 1. The molecule has 1 amide bonds. The molecule has 0 aliphatic carbocycles. The second-order valence-electron chi connectivity index (χ2n) is 6.04. The maximum absolute atomic E-state index is 12.6. The van der Waals surface area contributed by atoms with Gasteiger partial charge in [-0.15, -0.1) is 11.3 Å². The Morgan fingerprint density at radius 1 is 1.15 bits per heavy atom. The van der Waals surface area contributed by atoms with E-state index in [2.05, 4.69) is 15.0 Å². The highest BCUT2D eigenvalue weighted by molar-refractivity contribution is 7.94. The number of carbonyl (C=O) groups is 1. The highest BCUT2D eigenvalue weighted by Gasteiger charge is 2.18. The summed E-state index contributed by atoms with van der Waals surface area (Å²) >= 11 is 1.20. The van der Waals surface area contributed by atoms with Gasteiger partial charge >= 0.3 is 0 Å². The highest BCUT2D eigenvalue weighted by Crippen LogP contribution is 2.25. The molecule has 0 aliphatic rings. The van der Waals surface area contributed by atoms with E-state index in [0.29, 0.717) is 17.8 Å². The zero-order chi connectivity index (χ0) is 19.4. The van der Waals surface area contributed by atoms with E-state index in [1.54, 1.807) is 55.7 Å². The van der Waals surface area contributed by atoms with E-state index in [0.717, 1.165) is 16.0 Å². The molecule has 0 saturated carbocycles. The van der Waals surface area contributed by atoms with Crippen molar-refractivity contribution in [2.45, 2.75) is 24.6 Å². The van der Waals surface area contributed by atoms with E-state index in [1.807, 2.05) is 13.0 Å². The number of hydrogen-bond donors (Lipinski definition) is 2. The summed E-state index contributed by atoms with van der Waals surface area (Å²) in [4.78, 5) is 17.3. The number of pyridine rings is 1. The molecule has 0 fully saturated rings. The number of nitrogens with one attached hydrogen (secondary N) is 2. The molecule has 8 heteroatoms. The number of benzene rings is 1.